The average Bonchev–Trinajstić information content (AvgIpc) is 2.45. The molecule has 0 aliphatic heterocycles. The van der Waals surface area contributed by atoms with E-state index in [0.717, 1.165) is 0 Å². The molecule has 2 aromatic rings. The van der Waals surface area contributed by atoms with Gasteiger partial charge in [0.15, 0.2) is 6.73 Å². The first-order chi connectivity index (χ1) is 10.5. The summed E-state index contributed by atoms with van der Waals surface area (Å²) in [6, 6.07) is 9.10. The number of carbonyl (C=O) groups is 1. The van der Waals surface area contributed by atoms with Gasteiger partial charge >= 0.3 is 6.03 Å². The van der Waals surface area contributed by atoms with E-state index in [2.05, 4.69) is 10.6 Å². The van der Waals surface area contributed by atoms with Crippen molar-refractivity contribution in [3.63, 3.8) is 0 Å². The summed E-state index contributed by atoms with van der Waals surface area (Å²) >= 11 is 23.4. The van der Waals surface area contributed by atoms with Gasteiger partial charge in [0.1, 0.15) is 5.75 Å². The van der Waals surface area contributed by atoms with Crippen molar-refractivity contribution in [2.75, 3.05) is 12.0 Å². The van der Waals surface area contributed by atoms with E-state index < -0.39 is 6.03 Å². The number of nitrogens with one attached hydrogen (secondary N) is 2. The maximum absolute atomic E-state index is 11.7. The van der Waals surface area contributed by atoms with Crippen molar-refractivity contribution in [2.24, 2.45) is 0 Å². The number of halogens is 4. The SMILES string of the molecule is O=C(NCOc1ccc(Cl)cc1Cl)Nc1ccc(Cl)c(Cl)c1. The van der Waals surface area contributed by atoms with Crippen LogP contribution in [0.2, 0.25) is 20.1 Å². The van der Waals surface area contributed by atoms with Crippen LogP contribution in [0.15, 0.2) is 36.4 Å². The fourth-order valence-corrected chi connectivity index (χ4v) is 2.28. The molecule has 2 aromatic carbocycles. The Morgan fingerprint density at radius 3 is 2.41 bits per heavy atom. The van der Waals surface area contributed by atoms with E-state index in [1.807, 2.05) is 0 Å². The molecule has 0 saturated heterocycles. The third kappa shape index (κ3) is 4.85. The largest absolute Gasteiger partial charge is 0.472 e. The third-order valence-corrected chi connectivity index (χ3v) is 3.80. The number of benzene rings is 2. The number of hydrogen-bond acceptors (Lipinski definition) is 2. The van der Waals surface area contributed by atoms with Gasteiger partial charge in [-0.3, -0.25) is 0 Å². The zero-order valence-electron chi connectivity index (χ0n) is 11.0. The van der Waals surface area contributed by atoms with Crippen molar-refractivity contribution in [1.82, 2.24) is 5.32 Å². The van der Waals surface area contributed by atoms with E-state index in [1.165, 1.54) is 0 Å². The standard InChI is InChI=1S/C14H10Cl4N2O2/c15-8-1-4-13(12(18)5-8)22-7-19-14(21)20-9-2-3-10(16)11(17)6-9/h1-6H,7H2,(H2,19,20,21). The van der Waals surface area contributed by atoms with Crippen molar-refractivity contribution in [2.45, 2.75) is 0 Å². The van der Waals surface area contributed by atoms with Gasteiger partial charge in [0.2, 0.25) is 0 Å². The van der Waals surface area contributed by atoms with Crippen molar-refractivity contribution in [3.8, 4) is 5.75 Å². The van der Waals surface area contributed by atoms with E-state index in [0.29, 0.717) is 31.5 Å². The molecule has 2 amide bonds. The summed E-state index contributed by atoms with van der Waals surface area (Å²) < 4.78 is 5.33. The van der Waals surface area contributed by atoms with Crippen molar-refractivity contribution >= 4 is 58.1 Å². The lowest BCUT2D eigenvalue weighted by Gasteiger charge is -2.11. The van der Waals surface area contributed by atoms with Gasteiger partial charge in [-0.2, -0.15) is 0 Å². The Hall–Kier alpha value is -1.33. The molecule has 2 N–H and O–H groups in total. The topological polar surface area (TPSA) is 50.4 Å². The van der Waals surface area contributed by atoms with Crippen LogP contribution in [0.3, 0.4) is 0 Å². The molecule has 0 fully saturated rings. The van der Waals surface area contributed by atoms with Crippen LogP contribution in [0.4, 0.5) is 10.5 Å². The van der Waals surface area contributed by atoms with E-state index >= 15 is 0 Å². The molecule has 0 radical (unpaired) electrons. The van der Waals surface area contributed by atoms with Crippen molar-refractivity contribution < 1.29 is 9.53 Å². The lowest BCUT2D eigenvalue weighted by atomic mass is 10.3. The second kappa shape index (κ2) is 7.79. The number of amides is 2. The van der Waals surface area contributed by atoms with Gasteiger partial charge in [-0.1, -0.05) is 46.4 Å². The zero-order valence-corrected chi connectivity index (χ0v) is 14.0. The van der Waals surface area contributed by atoms with Gasteiger partial charge < -0.3 is 15.4 Å². The highest BCUT2D eigenvalue weighted by Crippen LogP contribution is 2.27. The first-order valence-corrected chi connectivity index (χ1v) is 7.54. The van der Waals surface area contributed by atoms with E-state index in [4.69, 9.17) is 51.1 Å². The number of hydrogen-bond donors (Lipinski definition) is 2. The second-order valence-corrected chi connectivity index (χ2v) is 5.78. The lowest BCUT2D eigenvalue weighted by Crippen LogP contribution is -2.32. The molecule has 0 bridgehead atoms. The van der Waals surface area contributed by atoms with Crippen molar-refractivity contribution in [1.29, 1.82) is 0 Å². The van der Waals surface area contributed by atoms with Crippen LogP contribution in [0.25, 0.3) is 0 Å². The molecule has 22 heavy (non-hydrogen) atoms. The fourth-order valence-electron chi connectivity index (χ4n) is 1.52. The van der Waals surface area contributed by atoms with E-state index in [1.54, 1.807) is 36.4 Å². The predicted molar refractivity (Wildman–Crippen MR) is 90.6 cm³/mol. The second-order valence-electron chi connectivity index (χ2n) is 4.12. The monoisotopic (exact) mass is 378 g/mol. The van der Waals surface area contributed by atoms with E-state index in [9.17, 15) is 4.79 Å². The van der Waals surface area contributed by atoms with E-state index in [-0.39, 0.29) is 6.73 Å². The molecule has 2 rings (SSSR count). The minimum atomic E-state index is -0.455. The molecule has 0 heterocycles. The van der Waals surface area contributed by atoms with Gasteiger partial charge in [0.25, 0.3) is 0 Å². The number of urea groups is 1. The summed E-state index contributed by atoms with van der Waals surface area (Å²) in [4.78, 5) is 11.7. The lowest BCUT2D eigenvalue weighted by molar-refractivity contribution is 0.234. The molecule has 0 atom stereocenters. The van der Waals surface area contributed by atoms with Crippen molar-refractivity contribution in [3.05, 3.63) is 56.5 Å². The molecule has 0 aromatic heterocycles. The summed E-state index contributed by atoms with van der Waals surface area (Å²) in [6.07, 6.45) is 0. The first-order valence-electron chi connectivity index (χ1n) is 6.03. The zero-order chi connectivity index (χ0) is 16.1. The smallest absolute Gasteiger partial charge is 0.321 e. The van der Waals surface area contributed by atoms with Gasteiger partial charge in [0.05, 0.1) is 15.1 Å². The molecule has 4 nitrogen and oxygen atoms in total. The van der Waals surface area contributed by atoms with Gasteiger partial charge in [-0.05, 0) is 36.4 Å². The molecule has 0 aliphatic rings. The van der Waals surface area contributed by atoms with Gasteiger partial charge in [0, 0.05) is 10.7 Å². The Morgan fingerprint density at radius 2 is 1.73 bits per heavy atom. The first kappa shape index (κ1) is 17.0. The normalized spacial score (nSPS) is 10.2. The van der Waals surface area contributed by atoms with Crippen LogP contribution in [-0.4, -0.2) is 12.8 Å². The summed E-state index contributed by atoms with van der Waals surface area (Å²) in [5.74, 6) is 0.418. The third-order valence-electron chi connectivity index (χ3n) is 2.53. The number of rotatable bonds is 4. The quantitative estimate of drug-likeness (QED) is 0.693. The Bertz CT molecular complexity index is 695. The Balaban J connectivity index is 1.83. The summed E-state index contributed by atoms with van der Waals surface area (Å²) in [5.41, 5.74) is 0.511. The van der Waals surface area contributed by atoms with Crippen LogP contribution in [0.5, 0.6) is 5.75 Å². The Morgan fingerprint density at radius 1 is 0.955 bits per heavy atom. The van der Waals surface area contributed by atoms with Gasteiger partial charge in [-0.25, -0.2) is 4.79 Å². The molecule has 116 valence electrons. The molecule has 0 saturated carbocycles. The highest BCUT2D eigenvalue weighted by Gasteiger charge is 2.06. The summed E-state index contributed by atoms with van der Waals surface area (Å²) in [5, 5.41) is 6.73. The molecular formula is C14H10Cl4N2O2. The minimum absolute atomic E-state index is 0.0610. The number of carbonyl (C=O) groups excluding carboxylic acids is 1. The molecule has 0 spiro atoms. The van der Waals surface area contributed by atoms with Crippen LogP contribution >= 0.6 is 46.4 Å². The molecule has 8 heteroatoms. The van der Waals surface area contributed by atoms with Crippen LogP contribution in [-0.2, 0) is 0 Å². The van der Waals surface area contributed by atoms with Crippen LogP contribution in [0.1, 0.15) is 0 Å². The average molecular weight is 380 g/mol. The van der Waals surface area contributed by atoms with Gasteiger partial charge in [-0.15, -0.1) is 0 Å². The predicted octanol–water partition coefficient (Wildman–Crippen LogP) is 5.46. The summed E-state index contributed by atoms with van der Waals surface area (Å²) in [7, 11) is 0. The Kier molecular flexibility index (Phi) is 6.03. The van der Waals surface area contributed by atoms with Crippen LogP contribution < -0.4 is 15.4 Å². The highest BCUT2D eigenvalue weighted by atomic mass is 35.5. The number of anilines is 1. The highest BCUT2D eigenvalue weighted by molar-refractivity contribution is 6.42. The Labute approximate surface area is 147 Å². The maximum Gasteiger partial charge on any atom is 0.321 e. The fraction of sp³-hybridized carbons (Fsp3) is 0.0714. The molecular weight excluding hydrogens is 370 g/mol. The minimum Gasteiger partial charge on any atom is -0.472 e. The maximum atomic E-state index is 11.7. The molecule has 0 unspecified atom stereocenters. The van der Waals surface area contributed by atoms with Crippen LogP contribution in [0, 0.1) is 0 Å². The number of ether oxygens (including phenoxy) is 1. The molecule has 0 aliphatic carbocycles. The summed E-state index contributed by atoms with van der Waals surface area (Å²) in [6.45, 7) is -0.0610.